The first-order valence-corrected chi connectivity index (χ1v) is 17.8. The second-order valence-electron chi connectivity index (χ2n) is 18.3. The highest BCUT2D eigenvalue weighted by Gasteiger charge is 2.72. The number of ether oxygens (including phenoxy) is 3. The first-order chi connectivity index (χ1) is 20.7. The van der Waals surface area contributed by atoms with Gasteiger partial charge in [-0.3, -0.25) is 0 Å². The van der Waals surface area contributed by atoms with E-state index < -0.39 is 49.0 Å². The Labute approximate surface area is 270 Å². The lowest BCUT2D eigenvalue weighted by molar-refractivity contribution is -0.332. The molecule has 6 N–H and O–H groups in total. The molecule has 2 saturated heterocycles. The average Bonchev–Trinajstić information content (AvgIpc) is 3.54. The zero-order valence-corrected chi connectivity index (χ0v) is 28.9. The second kappa shape index (κ2) is 11.1. The topological polar surface area (TPSA) is 149 Å². The molecule has 9 nitrogen and oxygen atoms in total. The lowest BCUT2D eigenvalue weighted by atomic mass is 9.35. The van der Waals surface area contributed by atoms with E-state index >= 15 is 0 Å². The number of aliphatic hydroxyl groups is 6. The summed E-state index contributed by atoms with van der Waals surface area (Å²) in [6, 6.07) is 0. The number of rotatable bonds is 5. The number of hydrogen-bond donors (Lipinski definition) is 6. The number of aliphatic hydroxyl groups excluding tert-OH is 5. The molecule has 16 atom stereocenters. The molecule has 6 rings (SSSR count). The van der Waals surface area contributed by atoms with Crippen molar-refractivity contribution >= 4 is 0 Å². The highest BCUT2D eigenvalue weighted by atomic mass is 16.7. The van der Waals surface area contributed by atoms with Crippen LogP contribution in [0.1, 0.15) is 113 Å². The van der Waals surface area contributed by atoms with E-state index in [1.54, 1.807) is 0 Å². The van der Waals surface area contributed by atoms with E-state index in [0.717, 1.165) is 57.8 Å². The SMILES string of the molecule is CC(C)(O)C1CC[C@](C)([C@H]2CC[C@]3(C)[C@@H]2[C@H](O)C[C@@H]2[C@@]4(C)CC[C@H](O[C@@H]5O[C@H](CO)[C@@H](O)[C@H](O)[C@H]5O)C(C)(C)[C@@H]4CC[C@]23C)O1. The van der Waals surface area contributed by atoms with Gasteiger partial charge in [0.05, 0.1) is 36.1 Å². The maximum absolute atomic E-state index is 12.2. The van der Waals surface area contributed by atoms with Crippen LogP contribution in [0.4, 0.5) is 0 Å². The van der Waals surface area contributed by atoms with Crippen LogP contribution in [-0.4, -0.2) is 97.5 Å². The van der Waals surface area contributed by atoms with Gasteiger partial charge in [0, 0.05) is 0 Å². The Kier molecular flexibility index (Phi) is 8.49. The molecule has 260 valence electrons. The van der Waals surface area contributed by atoms with E-state index in [-0.39, 0.29) is 51.3 Å². The van der Waals surface area contributed by atoms with E-state index in [0.29, 0.717) is 11.8 Å². The molecule has 45 heavy (non-hydrogen) atoms. The van der Waals surface area contributed by atoms with Crippen molar-refractivity contribution in [2.24, 2.45) is 45.3 Å². The van der Waals surface area contributed by atoms with Gasteiger partial charge < -0.3 is 44.8 Å². The fraction of sp³-hybridized carbons (Fsp3) is 1.00. The summed E-state index contributed by atoms with van der Waals surface area (Å²) in [5.41, 5.74) is -1.49. The molecule has 2 heterocycles. The molecular weight excluding hydrogens is 576 g/mol. The van der Waals surface area contributed by atoms with Crippen LogP contribution in [0.2, 0.25) is 0 Å². The molecule has 1 unspecified atom stereocenters. The van der Waals surface area contributed by atoms with Gasteiger partial charge in [-0.05, 0) is 124 Å². The summed E-state index contributed by atoms with van der Waals surface area (Å²) in [7, 11) is 0. The van der Waals surface area contributed by atoms with E-state index in [2.05, 4.69) is 41.5 Å². The molecule has 6 fully saturated rings. The minimum atomic E-state index is -1.46. The minimum absolute atomic E-state index is 0.0153. The zero-order chi connectivity index (χ0) is 33.1. The highest BCUT2D eigenvalue weighted by molar-refractivity contribution is 5.20. The van der Waals surface area contributed by atoms with E-state index in [1.807, 2.05) is 13.8 Å². The van der Waals surface area contributed by atoms with E-state index in [9.17, 15) is 30.6 Å². The predicted octanol–water partition coefficient (Wildman–Crippen LogP) is 3.54. The van der Waals surface area contributed by atoms with E-state index in [4.69, 9.17) is 14.2 Å². The second-order valence-corrected chi connectivity index (χ2v) is 18.3. The molecule has 6 aliphatic rings. The molecule has 0 bridgehead atoms. The smallest absolute Gasteiger partial charge is 0.186 e. The summed E-state index contributed by atoms with van der Waals surface area (Å²) in [5, 5.41) is 63.9. The molecule has 0 aromatic heterocycles. The Morgan fingerprint density at radius 2 is 1.44 bits per heavy atom. The standard InChI is InChI=1S/C36H62O9/c1-31(2)22-10-15-34(6)23(33(22,5)13-11-24(31)44-30-29(41)28(40)27(39)21(18-37)43-30)17-20(38)26-19(9-14-35(26,34)7)36(8)16-12-25(45-36)32(3,4)42/h19-30,37-42H,9-18H2,1-8H3/t19-,20+,21+,22-,23+,24-,25?,26-,27+,28-,29+,30-,33-,34+,35+,36+/m0/s1. The van der Waals surface area contributed by atoms with Gasteiger partial charge in [0.25, 0.3) is 0 Å². The van der Waals surface area contributed by atoms with Gasteiger partial charge >= 0.3 is 0 Å². The minimum Gasteiger partial charge on any atom is -0.394 e. The van der Waals surface area contributed by atoms with Crippen molar-refractivity contribution in [1.29, 1.82) is 0 Å². The third-order valence-corrected chi connectivity index (χ3v) is 15.4. The third-order valence-electron chi connectivity index (χ3n) is 15.4. The van der Waals surface area contributed by atoms with Crippen LogP contribution in [-0.2, 0) is 14.2 Å². The maximum Gasteiger partial charge on any atom is 0.186 e. The Morgan fingerprint density at radius 1 is 0.778 bits per heavy atom. The predicted molar refractivity (Wildman–Crippen MR) is 168 cm³/mol. The van der Waals surface area contributed by atoms with Crippen molar-refractivity contribution in [1.82, 2.24) is 0 Å². The van der Waals surface area contributed by atoms with Crippen LogP contribution in [0.5, 0.6) is 0 Å². The van der Waals surface area contributed by atoms with Crippen molar-refractivity contribution in [3.05, 3.63) is 0 Å². The lowest BCUT2D eigenvalue weighted by Gasteiger charge is -2.70. The Hall–Kier alpha value is -0.360. The fourth-order valence-corrected chi connectivity index (χ4v) is 12.6. The first kappa shape index (κ1) is 34.5. The van der Waals surface area contributed by atoms with Crippen molar-refractivity contribution in [3.8, 4) is 0 Å². The summed E-state index contributed by atoms with van der Waals surface area (Å²) in [6.45, 7) is 17.4. The molecule has 0 radical (unpaired) electrons. The molecule has 9 heteroatoms. The zero-order valence-electron chi connectivity index (χ0n) is 28.9. The Balaban J connectivity index is 1.23. The van der Waals surface area contributed by atoms with Crippen LogP contribution >= 0.6 is 0 Å². The van der Waals surface area contributed by atoms with Crippen LogP contribution < -0.4 is 0 Å². The number of hydrogen-bond acceptors (Lipinski definition) is 9. The molecular formula is C36H62O9. The lowest BCUT2D eigenvalue weighted by Crippen LogP contribution is -2.67. The maximum atomic E-state index is 12.2. The van der Waals surface area contributed by atoms with Gasteiger partial charge in [-0.15, -0.1) is 0 Å². The molecule has 0 spiro atoms. The summed E-state index contributed by atoms with van der Waals surface area (Å²) >= 11 is 0. The van der Waals surface area contributed by atoms with Crippen molar-refractivity contribution < 1.29 is 44.8 Å². The molecule has 2 aliphatic heterocycles. The monoisotopic (exact) mass is 638 g/mol. The molecule has 0 aromatic carbocycles. The normalized spacial score (nSPS) is 56.4. The quantitative estimate of drug-likeness (QED) is 0.249. The van der Waals surface area contributed by atoms with Gasteiger partial charge in [-0.25, -0.2) is 0 Å². The van der Waals surface area contributed by atoms with Gasteiger partial charge in [-0.1, -0.05) is 34.6 Å². The summed E-state index contributed by atoms with van der Waals surface area (Å²) < 4.78 is 18.9. The molecule has 4 saturated carbocycles. The third kappa shape index (κ3) is 4.95. The van der Waals surface area contributed by atoms with Crippen molar-refractivity contribution in [3.63, 3.8) is 0 Å². The Morgan fingerprint density at radius 3 is 2.07 bits per heavy atom. The molecule has 4 aliphatic carbocycles. The van der Waals surface area contributed by atoms with Crippen molar-refractivity contribution in [2.45, 2.75) is 173 Å². The van der Waals surface area contributed by atoms with Gasteiger partial charge in [-0.2, -0.15) is 0 Å². The first-order valence-electron chi connectivity index (χ1n) is 17.8. The largest absolute Gasteiger partial charge is 0.394 e. The van der Waals surface area contributed by atoms with Crippen LogP contribution in [0, 0.1) is 45.3 Å². The number of fused-ring (bicyclic) bond motifs is 5. The average molecular weight is 639 g/mol. The molecule has 0 amide bonds. The highest BCUT2D eigenvalue weighted by Crippen LogP contribution is 2.76. The Bertz CT molecular complexity index is 1110. The van der Waals surface area contributed by atoms with Gasteiger partial charge in [0.1, 0.15) is 24.4 Å². The van der Waals surface area contributed by atoms with E-state index in [1.165, 1.54) is 0 Å². The van der Waals surface area contributed by atoms with Crippen LogP contribution in [0.3, 0.4) is 0 Å². The van der Waals surface area contributed by atoms with Crippen LogP contribution in [0.25, 0.3) is 0 Å². The summed E-state index contributed by atoms with van der Waals surface area (Å²) in [4.78, 5) is 0. The van der Waals surface area contributed by atoms with Gasteiger partial charge in [0.2, 0.25) is 0 Å². The fourth-order valence-electron chi connectivity index (χ4n) is 12.6. The van der Waals surface area contributed by atoms with Crippen molar-refractivity contribution in [2.75, 3.05) is 6.61 Å². The van der Waals surface area contributed by atoms with Gasteiger partial charge in [0.15, 0.2) is 6.29 Å². The molecule has 0 aromatic rings. The summed E-state index contributed by atoms with van der Waals surface area (Å²) in [6.07, 6.45) is 1.20. The van der Waals surface area contributed by atoms with Crippen LogP contribution in [0.15, 0.2) is 0 Å². The summed E-state index contributed by atoms with van der Waals surface area (Å²) in [5.74, 6) is 1.07.